The van der Waals surface area contributed by atoms with Gasteiger partial charge in [0.2, 0.25) is 0 Å². The Labute approximate surface area is 135 Å². The van der Waals surface area contributed by atoms with E-state index in [1.807, 2.05) is 25.7 Å². The van der Waals surface area contributed by atoms with Crippen LogP contribution in [0, 0.1) is 5.92 Å². The number of hydrogen-bond acceptors (Lipinski definition) is 4. The Morgan fingerprint density at radius 2 is 1.73 bits per heavy atom. The van der Waals surface area contributed by atoms with E-state index in [4.69, 9.17) is 10.5 Å². The van der Waals surface area contributed by atoms with Gasteiger partial charge >= 0.3 is 6.09 Å². The monoisotopic (exact) mass is 311 g/mol. The van der Waals surface area contributed by atoms with Crippen molar-refractivity contribution in [3.63, 3.8) is 0 Å². The number of carbonyl (C=O) groups excluding carboxylic acids is 1. The highest BCUT2D eigenvalue weighted by atomic mass is 16.6. The van der Waals surface area contributed by atoms with Gasteiger partial charge in [0, 0.05) is 38.8 Å². The van der Waals surface area contributed by atoms with Gasteiger partial charge in [-0.3, -0.25) is 4.90 Å². The molecule has 2 rings (SSSR count). The van der Waals surface area contributed by atoms with E-state index in [2.05, 4.69) is 4.90 Å². The molecule has 0 unspecified atom stereocenters. The third kappa shape index (κ3) is 4.85. The molecule has 0 spiro atoms. The van der Waals surface area contributed by atoms with Crippen LogP contribution in [0.1, 0.15) is 52.9 Å². The molecule has 5 heteroatoms. The predicted molar refractivity (Wildman–Crippen MR) is 88.8 cm³/mol. The smallest absolute Gasteiger partial charge is 0.410 e. The van der Waals surface area contributed by atoms with Crippen molar-refractivity contribution in [2.75, 3.05) is 32.7 Å². The van der Waals surface area contributed by atoms with Gasteiger partial charge in [-0.1, -0.05) is 19.3 Å². The van der Waals surface area contributed by atoms with Crippen LogP contribution in [0.5, 0.6) is 0 Å². The lowest BCUT2D eigenvalue weighted by Crippen LogP contribution is -2.56. The molecule has 1 aliphatic carbocycles. The van der Waals surface area contributed by atoms with E-state index in [1.54, 1.807) is 0 Å². The van der Waals surface area contributed by atoms with Crippen LogP contribution in [-0.4, -0.2) is 60.3 Å². The highest BCUT2D eigenvalue weighted by molar-refractivity contribution is 5.68. The van der Waals surface area contributed by atoms with E-state index < -0.39 is 5.60 Å². The first-order chi connectivity index (χ1) is 10.4. The van der Waals surface area contributed by atoms with E-state index in [1.165, 1.54) is 32.1 Å². The van der Waals surface area contributed by atoms with Gasteiger partial charge in [-0.15, -0.1) is 0 Å². The molecular formula is C17H33N3O2. The van der Waals surface area contributed by atoms with Crippen LogP contribution >= 0.6 is 0 Å². The highest BCUT2D eigenvalue weighted by Gasteiger charge is 2.32. The number of nitrogens with two attached hydrogens (primary N) is 1. The third-order valence-electron chi connectivity index (χ3n) is 4.87. The van der Waals surface area contributed by atoms with Crippen LogP contribution in [0.2, 0.25) is 0 Å². The second-order valence-electron chi connectivity index (χ2n) is 7.70. The molecule has 1 saturated carbocycles. The zero-order valence-corrected chi connectivity index (χ0v) is 14.5. The third-order valence-corrected chi connectivity index (χ3v) is 4.87. The van der Waals surface area contributed by atoms with Gasteiger partial charge in [-0.2, -0.15) is 0 Å². The standard InChI is InChI=1S/C17H33N3O2/c1-17(2,3)22-16(21)20-11-9-19(10-12-20)15(13-18)14-7-5-4-6-8-14/h14-15H,4-13,18H2,1-3H3/t15-/m0/s1. The molecular weight excluding hydrogens is 278 g/mol. The van der Waals surface area contributed by atoms with Gasteiger partial charge in [0.05, 0.1) is 0 Å². The van der Waals surface area contributed by atoms with E-state index in [0.717, 1.165) is 38.6 Å². The predicted octanol–water partition coefficient (Wildman–Crippen LogP) is 2.45. The first kappa shape index (κ1) is 17.5. The Morgan fingerprint density at radius 1 is 1.14 bits per heavy atom. The number of hydrogen-bond donors (Lipinski definition) is 1. The molecule has 0 aromatic heterocycles. The summed E-state index contributed by atoms with van der Waals surface area (Å²) in [4.78, 5) is 16.4. The van der Waals surface area contributed by atoms with Crippen molar-refractivity contribution in [1.82, 2.24) is 9.80 Å². The average Bonchev–Trinajstić information content (AvgIpc) is 2.48. The van der Waals surface area contributed by atoms with Gasteiger partial charge in [0.1, 0.15) is 5.60 Å². The highest BCUT2D eigenvalue weighted by Crippen LogP contribution is 2.29. The van der Waals surface area contributed by atoms with Gasteiger partial charge in [0.25, 0.3) is 0 Å². The van der Waals surface area contributed by atoms with Crippen LogP contribution in [0.4, 0.5) is 4.79 Å². The second-order valence-corrected chi connectivity index (χ2v) is 7.70. The van der Waals surface area contributed by atoms with E-state index in [9.17, 15) is 4.79 Å². The number of carbonyl (C=O) groups is 1. The van der Waals surface area contributed by atoms with Crippen LogP contribution in [0.3, 0.4) is 0 Å². The van der Waals surface area contributed by atoms with Gasteiger partial charge in [-0.05, 0) is 39.5 Å². The fourth-order valence-corrected chi connectivity index (χ4v) is 3.72. The van der Waals surface area contributed by atoms with Crippen molar-refractivity contribution >= 4 is 6.09 Å². The Morgan fingerprint density at radius 3 is 2.23 bits per heavy atom. The minimum atomic E-state index is -0.421. The summed E-state index contributed by atoms with van der Waals surface area (Å²) < 4.78 is 5.46. The SMILES string of the molecule is CC(C)(C)OC(=O)N1CCN([C@@H](CN)C2CCCCC2)CC1. The van der Waals surface area contributed by atoms with Gasteiger partial charge in [-0.25, -0.2) is 4.79 Å². The molecule has 1 saturated heterocycles. The number of amides is 1. The molecule has 1 amide bonds. The number of piperazine rings is 1. The summed E-state index contributed by atoms with van der Waals surface area (Å²) in [5.74, 6) is 0.742. The quantitative estimate of drug-likeness (QED) is 0.870. The summed E-state index contributed by atoms with van der Waals surface area (Å²) in [5, 5.41) is 0. The van der Waals surface area contributed by atoms with Crippen molar-refractivity contribution in [1.29, 1.82) is 0 Å². The summed E-state index contributed by atoms with van der Waals surface area (Å²) in [6.45, 7) is 9.79. The minimum Gasteiger partial charge on any atom is -0.444 e. The summed E-state index contributed by atoms with van der Waals surface area (Å²) in [6.07, 6.45) is 6.51. The number of nitrogens with zero attached hydrogens (tertiary/aromatic N) is 2. The maximum absolute atomic E-state index is 12.1. The van der Waals surface area contributed by atoms with Crippen molar-refractivity contribution in [2.45, 2.75) is 64.5 Å². The normalized spacial score (nSPS) is 23.4. The maximum atomic E-state index is 12.1. The van der Waals surface area contributed by atoms with Crippen LogP contribution < -0.4 is 5.73 Å². The Kier molecular flexibility index (Phi) is 6.09. The zero-order chi connectivity index (χ0) is 16.2. The van der Waals surface area contributed by atoms with Crippen molar-refractivity contribution in [3.05, 3.63) is 0 Å². The average molecular weight is 311 g/mol. The zero-order valence-electron chi connectivity index (χ0n) is 14.5. The van der Waals surface area contributed by atoms with Crippen molar-refractivity contribution in [3.8, 4) is 0 Å². The Bertz CT molecular complexity index is 353. The fraction of sp³-hybridized carbons (Fsp3) is 0.941. The Hall–Kier alpha value is -0.810. The summed E-state index contributed by atoms with van der Waals surface area (Å²) >= 11 is 0. The fourth-order valence-electron chi connectivity index (χ4n) is 3.72. The molecule has 0 aromatic carbocycles. The number of rotatable bonds is 3. The summed E-state index contributed by atoms with van der Waals surface area (Å²) in [6, 6.07) is 0.487. The second kappa shape index (κ2) is 7.64. The van der Waals surface area contributed by atoms with Crippen LogP contribution in [-0.2, 0) is 4.74 Å². The Balaban J connectivity index is 1.83. The first-order valence-corrected chi connectivity index (χ1v) is 8.83. The van der Waals surface area contributed by atoms with E-state index >= 15 is 0 Å². The molecule has 2 fully saturated rings. The molecule has 5 nitrogen and oxygen atoms in total. The molecule has 0 aromatic rings. The molecule has 1 heterocycles. The lowest BCUT2D eigenvalue weighted by atomic mass is 9.83. The van der Waals surface area contributed by atoms with Gasteiger partial charge < -0.3 is 15.4 Å². The molecule has 128 valence electrons. The topological polar surface area (TPSA) is 58.8 Å². The molecule has 1 aliphatic heterocycles. The van der Waals surface area contributed by atoms with Crippen LogP contribution in [0.25, 0.3) is 0 Å². The maximum Gasteiger partial charge on any atom is 0.410 e. The minimum absolute atomic E-state index is 0.186. The number of ether oxygens (including phenoxy) is 1. The van der Waals surface area contributed by atoms with E-state index in [0.29, 0.717) is 6.04 Å². The molecule has 1 atom stereocenters. The van der Waals surface area contributed by atoms with Gasteiger partial charge in [0.15, 0.2) is 0 Å². The first-order valence-electron chi connectivity index (χ1n) is 8.83. The van der Waals surface area contributed by atoms with E-state index in [-0.39, 0.29) is 6.09 Å². The largest absolute Gasteiger partial charge is 0.444 e. The molecule has 0 bridgehead atoms. The summed E-state index contributed by atoms with van der Waals surface area (Å²) in [5.41, 5.74) is 5.64. The summed E-state index contributed by atoms with van der Waals surface area (Å²) in [7, 11) is 0. The van der Waals surface area contributed by atoms with Crippen molar-refractivity contribution < 1.29 is 9.53 Å². The molecule has 0 radical (unpaired) electrons. The molecule has 2 N–H and O–H groups in total. The molecule has 2 aliphatic rings. The van der Waals surface area contributed by atoms with Crippen LogP contribution in [0.15, 0.2) is 0 Å². The molecule has 22 heavy (non-hydrogen) atoms. The van der Waals surface area contributed by atoms with Crippen molar-refractivity contribution in [2.24, 2.45) is 11.7 Å². The lowest BCUT2D eigenvalue weighted by molar-refractivity contribution is 0.00572. The lowest BCUT2D eigenvalue weighted by Gasteiger charge is -2.43.